The molecule has 0 aromatic heterocycles. The van der Waals surface area contributed by atoms with Crippen molar-refractivity contribution in [3.63, 3.8) is 0 Å². The summed E-state index contributed by atoms with van der Waals surface area (Å²) < 4.78 is 5.02. The van der Waals surface area contributed by atoms with Crippen LogP contribution in [-0.4, -0.2) is 4.92 Å². The van der Waals surface area contributed by atoms with E-state index in [4.69, 9.17) is 32.6 Å². The van der Waals surface area contributed by atoms with Crippen molar-refractivity contribution in [2.45, 2.75) is 6.10 Å². The zero-order chi connectivity index (χ0) is 13.0. The predicted molar refractivity (Wildman–Crippen MR) is 74.2 cm³/mol. The van der Waals surface area contributed by atoms with Gasteiger partial charge in [0.15, 0.2) is 6.10 Å². The van der Waals surface area contributed by atoms with Gasteiger partial charge in [-0.1, -0.05) is 23.2 Å². The van der Waals surface area contributed by atoms with E-state index in [-0.39, 0.29) is 21.3 Å². The van der Waals surface area contributed by atoms with Crippen LogP contribution in [0, 0.1) is 21.4 Å². The van der Waals surface area contributed by atoms with E-state index >= 15 is 0 Å². The van der Waals surface area contributed by atoms with Gasteiger partial charge < -0.3 is 0 Å². The van der Waals surface area contributed by atoms with Crippen LogP contribution in [0.1, 0.15) is 11.7 Å². The van der Waals surface area contributed by atoms with Gasteiger partial charge in [-0.15, -0.1) is 0 Å². The van der Waals surface area contributed by atoms with E-state index < -0.39 is 11.0 Å². The van der Waals surface area contributed by atoms with Crippen LogP contribution in [0.3, 0.4) is 0 Å². The number of benzene rings is 1. The maximum atomic E-state index is 10.7. The molecule has 0 bridgehead atoms. The van der Waals surface area contributed by atoms with Crippen molar-refractivity contribution in [1.82, 2.24) is 0 Å². The van der Waals surface area contributed by atoms with Crippen LogP contribution in [0.25, 0.3) is 0 Å². The molecule has 0 saturated carbocycles. The zero-order valence-corrected chi connectivity index (χ0v) is 12.4. The highest BCUT2D eigenvalue weighted by Gasteiger charge is 2.22. The lowest BCUT2D eigenvalue weighted by Gasteiger charge is -2.09. The van der Waals surface area contributed by atoms with Gasteiger partial charge in [0.05, 0.1) is 14.1 Å². The normalized spacial score (nSPS) is 11.9. The summed E-state index contributed by atoms with van der Waals surface area (Å²) in [6.45, 7) is 0. The Balaban J connectivity index is 3.29. The Bertz CT molecular complexity index is 494. The molecule has 5 nitrogen and oxygen atoms in total. The summed E-state index contributed by atoms with van der Waals surface area (Å²) in [6.07, 6.45) is -0.986. The van der Waals surface area contributed by atoms with E-state index in [0.717, 1.165) is 15.3 Å². The van der Waals surface area contributed by atoms with E-state index in [1.165, 1.54) is 6.07 Å². The molecule has 0 spiro atoms. The van der Waals surface area contributed by atoms with Crippen LogP contribution in [0.15, 0.2) is 12.1 Å². The highest BCUT2D eigenvalue weighted by atomic mass is 127. The summed E-state index contributed by atoms with van der Waals surface area (Å²) in [5, 5.41) is 19.7. The molecule has 17 heavy (non-hydrogen) atoms. The molecule has 0 radical (unpaired) electrons. The largest absolute Gasteiger partial charge is 0.288 e. The van der Waals surface area contributed by atoms with Crippen molar-refractivity contribution < 1.29 is 9.11 Å². The predicted octanol–water partition coefficient (Wildman–Crippen LogP) is 4.48. The number of rotatable bonds is 4. The maximum Gasteiger partial charge on any atom is 0.288 e. The maximum absolute atomic E-state index is 10.7. The molecule has 0 saturated heterocycles. The van der Waals surface area contributed by atoms with Crippen LogP contribution in [-0.2, 0) is 4.18 Å². The summed E-state index contributed by atoms with van der Waals surface area (Å²) in [6, 6.07) is 4.22. The van der Waals surface area contributed by atoms with Crippen LogP contribution < -0.4 is 0 Å². The van der Waals surface area contributed by atoms with Crippen molar-refractivity contribution in [2.24, 2.45) is 0 Å². The lowest BCUT2D eigenvalue weighted by atomic mass is 10.1. The number of hydrogen-bond donors (Lipinski definition) is 0. The smallest absolute Gasteiger partial charge is 0.282 e. The minimum atomic E-state index is -0.986. The zero-order valence-electron chi connectivity index (χ0n) is 7.89. The van der Waals surface area contributed by atoms with Gasteiger partial charge in [0.2, 0.25) is 0 Å². The molecular weight excluding hydrogens is 402 g/mol. The first-order valence-corrected chi connectivity index (χ1v) is 8.02. The van der Waals surface area contributed by atoms with Crippen LogP contribution in [0.2, 0.25) is 10.0 Å². The average Bonchev–Trinajstić information content (AvgIpc) is 2.26. The summed E-state index contributed by atoms with van der Waals surface area (Å²) in [5.41, 5.74) is -0.0946. The quantitative estimate of drug-likeness (QED) is 0.320. The van der Waals surface area contributed by atoms with E-state index in [2.05, 4.69) is 0 Å². The highest BCUT2D eigenvalue weighted by Crippen LogP contribution is 2.36. The Kier molecular flexibility index (Phi) is 5.75. The molecule has 1 unspecified atom stereocenters. The first kappa shape index (κ1) is 14.8. The Morgan fingerprint density at radius 1 is 1.53 bits per heavy atom. The minimum absolute atomic E-state index is 0.0810. The first-order valence-electron chi connectivity index (χ1n) is 3.98. The van der Waals surface area contributed by atoms with Gasteiger partial charge in [0.25, 0.3) is 5.69 Å². The first-order chi connectivity index (χ1) is 8.01. The third-order valence-electron chi connectivity index (χ3n) is 1.80. The van der Waals surface area contributed by atoms with E-state index in [1.54, 1.807) is 0 Å². The Labute approximate surface area is 123 Å². The van der Waals surface area contributed by atoms with Crippen LogP contribution in [0.4, 0.5) is 5.69 Å². The van der Waals surface area contributed by atoms with Crippen molar-refractivity contribution in [2.75, 3.05) is 0 Å². The second-order valence-electron chi connectivity index (χ2n) is 2.75. The molecule has 0 N–H and O–H groups in total. The molecule has 1 aromatic carbocycles. The molecule has 1 aromatic rings. The molecule has 0 heterocycles. The fraction of sp³-hybridized carbons (Fsp3) is 0.125. The third-order valence-corrected chi connectivity index (χ3v) is 3.31. The van der Waals surface area contributed by atoms with Gasteiger partial charge >= 0.3 is 0 Å². The van der Waals surface area contributed by atoms with E-state index in [1.807, 2.05) is 27.3 Å². The standard InChI is InChI=1S/C8H3Cl2IN2O3S/c9-5-2-6(10)7(13(14)15)1-4(5)8(3-12)16-17-11/h1-2,8H. The Hall–Kier alpha value is -0.270. The lowest BCUT2D eigenvalue weighted by Crippen LogP contribution is -1.99. The van der Waals surface area contributed by atoms with Crippen molar-refractivity contribution in [3.8, 4) is 6.07 Å². The summed E-state index contributed by atoms with van der Waals surface area (Å²) in [7, 11) is 0.942. The van der Waals surface area contributed by atoms with Gasteiger partial charge in [-0.05, 0) is 6.07 Å². The van der Waals surface area contributed by atoms with Crippen LogP contribution >= 0.6 is 53.6 Å². The summed E-state index contributed by atoms with van der Waals surface area (Å²) in [5.74, 6) is 0. The fourth-order valence-corrected chi connectivity index (χ4v) is 2.47. The second kappa shape index (κ2) is 6.61. The van der Waals surface area contributed by atoms with Gasteiger partial charge in [0, 0.05) is 37.9 Å². The number of nitro groups is 1. The molecule has 0 aliphatic rings. The highest BCUT2D eigenvalue weighted by molar-refractivity contribution is 14.2. The van der Waals surface area contributed by atoms with E-state index in [9.17, 15) is 10.1 Å². The SMILES string of the molecule is N#CC(OSI)c1cc([N+](=O)[O-])c(Cl)cc1Cl. The van der Waals surface area contributed by atoms with Crippen molar-refractivity contribution in [1.29, 1.82) is 5.26 Å². The molecule has 0 aliphatic heterocycles. The van der Waals surface area contributed by atoms with Gasteiger partial charge in [-0.2, -0.15) is 5.26 Å². The summed E-state index contributed by atoms with van der Waals surface area (Å²) in [4.78, 5) is 10.1. The van der Waals surface area contributed by atoms with Crippen molar-refractivity contribution >= 4 is 59.3 Å². The number of nitrogens with zero attached hydrogens (tertiary/aromatic N) is 2. The van der Waals surface area contributed by atoms with Gasteiger partial charge in [-0.3, -0.25) is 14.3 Å². The molecule has 0 fully saturated rings. The number of hydrogen-bond acceptors (Lipinski definition) is 5. The molecular formula is C8H3Cl2IN2O3S. The minimum Gasteiger partial charge on any atom is -0.282 e. The van der Waals surface area contributed by atoms with Crippen molar-refractivity contribution in [3.05, 3.63) is 37.9 Å². The third kappa shape index (κ3) is 3.59. The topological polar surface area (TPSA) is 76.2 Å². The number of halogens is 3. The Morgan fingerprint density at radius 2 is 2.18 bits per heavy atom. The number of nitriles is 1. The molecule has 1 rings (SSSR count). The van der Waals surface area contributed by atoms with Gasteiger partial charge in [-0.25, -0.2) is 0 Å². The van der Waals surface area contributed by atoms with Crippen LogP contribution in [0.5, 0.6) is 0 Å². The van der Waals surface area contributed by atoms with E-state index in [0.29, 0.717) is 0 Å². The molecule has 90 valence electrons. The number of nitro benzene ring substituents is 1. The lowest BCUT2D eigenvalue weighted by molar-refractivity contribution is -0.384. The fourth-order valence-electron chi connectivity index (χ4n) is 1.07. The monoisotopic (exact) mass is 404 g/mol. The molecule has 1 atom stereocenters. The average molecular weight is 405 g/mol. The molecule has 0 aliphatic carbocycles. The molecule has 9 heteroatoms. The summed E-state index contributed by atoms with van der Waals surface area (Å²) >= 11 is 13.4. The second-order valence-corrected chi connectivity index (χ2v) is 4.96. The molecule has 0 amide bonds. The van der Waals surface area contributed by atoms with Gasteiger partial charge in [0.1, 0.15) is 11.1 Å². The Morgan fingerprint density at radius 3 is 2.65 bits per heavy atom.